The Balaban J connectivity index is 1.82. The molecule has 1 unspecified atom stereocenters. The fourth-order valence-corrected chi connectivity index (χ4v) is 2.71. The van der Waals surface area contributed by atoms with Crippen LogP contribution in [-0.2, 0) is 4.79 Å². The molecule has 0 aromatic rings. The molecule has 5 nitrogen and oxygen atoms in total. The average molecular weight is 240 g/mol. The van der Waals surface area contributed by atoms with Crippen LogP contribution >= 0.6 is 0 Å². The van der Waals surface area contributed by atoms with Crippen LogP contribution in [0.5, 0.6) is 0 Å². The molecular formula is C12H20N2O3. The maximum atomic E-state index is 12.1. The van der Waals surface area contributed by atoms with Crippen LogP contribution in [-0.4, -0.2) is 53.1 Å². The summed E-state index contributed by atoms with van der Waals surface area (Å²) in [4.78, 5) is 26.5. The van der Waals surface area contributed by atoms with Gasteiger partial charge in [-0.2, -0.15) is 0 Å². The molecule has 2 fully saturated rings. The molecule has 1 N–H and O–H groups in total. The molecular weight excluding hydrogens is 220 g/mol. The molecule has 2 amide bonds. The lowest BCUT2D eigenvalue weighted by molar-refractivity contribution is -0.138. The van der Waals surface area contributed by atoms with Crippen LogP contribution in [0.2, 0.25) is 0 Å². The first kappa shape index (κ1) is 12.2. The summed E-state index contributed by atoms with van der Waals surface area (Å²) in [6, 6.07) is 0.109. The summed E-state index contributed by atoms with van der Waals surface area (Å²) in [5, 5.41) is 8.73. The van der Waals surface area contributed by atoms with E-state index in [0.717, 1.165) is 32.4 Å². The topological polar surface area (TPSA) is 60.9 Å². The van der Waals surface area contributed by atoms with Gasteiger partial charge in [0.25, 0.3) is 0 Å². The van der Waals surface area contributed by atoms with Gasteiger partial charge in [-0.05, 0) is 31.6 Å². The Morgan fingerprint density at radius 1 is 1.06 bits per heavy atom. The number of carboxylic acids is 1. The minimum absolute atomic E-state index is 0.109. The van der Waals surface area contributed by atoms with Gasteiger partial charge in [0, 0.05) is 32.6 Å². The van der Waals surface area contributed by atoms with E-state index in [1.54, 1.807) is 0 Å². The molecule has 0 spiro atoms. The quantitative estimate of drug-likeness (QED) is 0.793. The number of rotatable bonds is 2. The highest BCUT2D eigenvalue weighted by Crippen LogP contribution is 2.22. The molecule has 5 heteroatoms. The molecule has 96 valence electrons. The molecule has 2 saturated heterocycles. The molecule has 0 radical (unpaired) electrons. The van der Waals surface area contributed by atoms with Gasteiger partial charge in [-0.3, -0.25) is 4.79 Å². The van der Waals surface area contributed by atoms with Crippen LogP contribution in [0.25, 0.3) is 0 Å². The first-order valence-electron chi connectivity index (χ1n) is 6.42. The number of carboxylic acid groups (broad SMARTS) is 1. The first-order chi connectivity index (χ1) is 8.16. The Bertz CT molecular complexity index is 300. The highest BCUT2D eigenvalue weighted by atomic mass is 16.4. The van der Waals surface area contributed by atoms with E-state index in [1.165, 1.54) is 6.42 Å². The van der Waals surface area contributed by atoms with Crippen LogP contribution in [0.4, 0.5) is 4.79 Å². The number of carbonyl (C=O) groups excluding carboxylic acids is 1. The molecule has 2 aliphatic rings. The summed E-state index contributed by atoms with van der Waals surface area (Å²) in [5.41, 5.74) is 0. The summed E-state index contributed by atoms with van der Waals surface area (Å²) < 4.78 is 0. The Kier molecular flexibility index (Phi) is 3.86. The van der Waals surface area contributed by atoms with Gasteiger partial charge in [0.2, 0.25) is 0 Å². The number of hydrogen-bond donors (Lipinski definition) is 1. The Morgan fingerprint density at radius 3 is 2.41 bits per heavy atom. The SMILES string of the molecule is O=C(O)CC1CCN(C(=O)N2CCCCC2)C1. The van der Waals surface area contributed by atoms with Crippen molar-refractivity contribution >= 4 is 12.0 Å². The predicted molar refractivity (Wildman–Crippen MR) is 62.8 cm³/mol. The first-order valence-corrected chi connectivity index (χ1v) is 6.42. The van der Waals surface area contributed by atoms with Crippen LogP contribution in [0.15, 0.2) is 0 Å². The fourth-order valence-electron chi connectivity index (χ4n) is 2.71. The van der Waals surface area contributed by atoms with Gasteiger partial charge in [-0.25, -0.2) is 4.79 Å². The summed E-state index contributed by atoms with van der Waals surface area (Å²) >= 11 is 0. The second-order valence-corrected chi connectivity index (χ2v) is 5.03. The highest BCUT2D eigenvalue weighted by molar-refractivity contribution is 5.75. The molecule has 0 aromatic carbocycles. The van der Waals surface area contributed by atoms with E-state index in [4.69, 9.17) is 5.11 Å². The number of carbonyl (C=O) groups is 2. The van der Waals surface area contributed by atoms with E-state index in [2.05, 4.69) is 0 Å². The molecule has 0 aliphatic carbocycles. The van der Waals surface area contributed by atoms with Crippen LogP contribution in [0.3, 0.4) is 0 Å². The van der Waals surface area contributed by atoms with E-state index in [-0.39, 0.29) is 18.4 Å². The zero-order chi connectivity index (χ0) is 12.3. The third-order valence-electron chi connectivity index (χ3n) is 3.65. The Labute approximate surface area is 101 Å². The van der Waals surface area contributed by atoms with Crippen molar-refractivity contribution in [2.45, 2.75) is 32.1 Å². The lowest BCUT2D eigenvalue weighted by Gasteiger charge is -2.31. The number of amides is 2. The predicted octanol–water partition coefficient (Wildman–Crippen LogP) is 1.39. The summed E-state index contributed by atoms with van der Waals surface area (Å²) in [6.07, 6.45) is 4.41. The largest absolute Gasteiger partial charge is 0.481 e. The maximum absolute atomic E-state index is 12.1. The van der Waals surface area contributed by atoms with E-state index < -0.39 is 5.97 Å². The minimum atomic E-state index is -0.762. The number of nitrogens with zero attached hydrogens (tertiary/aromatic N) is 2. The molecule has 2 rings (SSSR count). The minimum Gasteiger partial charge on any atom is -0.481 e. The average Bonchev–Trinajstić information content (AvgIpc) is 2.77. The van der Waals surface area contributed by atoms with Crippen molar-refractivity contribution < 1.29 is 14.7 Å². The van der Waals surface area contributed by atoms with Crippen molar-refractivity contribution in [1.29, 1.82) is 0 Å². The molecule has 17 heavy (non-hydrogen) atoms. The van der Waals surface area contributed by atoms with Crippen LogP contribution in [0.1, 0.15) is 32.1 Å². The van der Waals surface area contributed by atoms with E-state index >= 15 is 0 Å². The van der Waals surface area contributed by atoms with Crippen molar-refractivity contribution in [2.75, 3.05) is 26.2 Å². The van der Waals surface area contributed by atoms with Crippen molar-refractivity contribution in [3.05, 3.63) is 0 Å². The lowest BCUT2D eigenvalue weighted by Crippen LogP contribution is -2.44. The summed E-state index contributed by atoms with van der Waals surface area (Å²) in [6.45, 7) is 3.05. The second-order valence-electron chi connectivity index (χ2n) is 5.03. The van der Waals surface area contributed by atoms with Gasteiger partial charge in [0.1, 0.15) is 0 Å². The number of urea groups is 1. The highest BCUT2D eigenvalue weighted by Gasteiger charge is 2.30. The number of likely N-dealkylation sites (tertiary alicyclic amines) is 2. The van der Waals surface area contributed by atoms with Gasteiger partial charge in [-0.15, -0.1) is 0 Å². The number of hydrogen-bond acceptors (Lipinski definition) is 2. The molecule has 2 aliphatic heterocycles. The van der Waals surface area contributed by atoms with E-state index in [1.807, 2.05) is 9.80 Å². The Morgan fingerprint density at radius 2 is 1.76 bits per heavy atom. The number of aliphatic carboxylic acids is 1. The van der Waals surface area contributed by atoms with Crippen molar-refractivity contribution in [2.24, 2.45) is 5.92 Å². The number of piperidine rings is 1. The van der Waals surface area contributed by atoms with Gasteiger partial charge in [0.15, 0.2) is 0 Å². The third kappa shape index (κ3) is 3.11. The van der Waals surface area contributed by atoms with E-state index in [9.17, 15) is 9.59 Å². The van der Waals surface area contributed by atoms with Crippen molar-refractivity contribution in [1.82, 2.24) is 9.80 Å². The standard InChI is InChI=1S/C12H20N2O3/c15-11(16)8-10-4-7-14(9-10)12(17)13-5-2-1-3-6-13/h10H,1-9H2,(H,15,16). The van der Waals surface area contributed by atoms with Crippen molar-refractivity contribution in [3.8, 4) is 0 Å². The lowest BCUT2D eigenvalue weighted by atomic mass is 10.1. The van der Waals surface area contributed by atoms with Gasteiger partial charge < -0.3 is 14.9 Å². The monoisotopic (exact) mass is 240 g/mol. The van der Waals surface area contributed by atoms with E-state index in [0.29, 0.717) is 13.1 Å². The zero-order valence-corrected chi connectivity index (χ0v) is 10.1. The smallest absolute Gasteiger partial charge is 0.320 e. The van der Waals surface area contributed by atoms with Gasteiger partial charge in [-0.1, -0.05) is 0 Å². The zero-order valence-electron chi connectivity index (χ0n) is 10.1. The molecule has 0 saturated carbocycles. The fraction of sp³-hybridized carbons (Fsp3) is 0.833. The molecule has 0 bridgehead atoms. The third-order valence-corrected chi connectivity index (χ3v) is 3.65. The summed E-state index contributed by atoms with van der Waals surface area (Å²) in [5.74, 6) is -0.622. The Hall–Kier alpha value is -1.26. The maximum Gasteiger partial charge on any atom is 0.320 e. The van der Waals surface area contributed by atoms with Crippen molar-refractivity contribution in [3.63, 3.8) is 0 Å². The summed E-state index contributed by atoms with van der Waals surface area (Å²) in [7, 11) is 0. The molecule has 1 atom stereocenters. The second kappa shape index (κ2) is 5.38. The van der Waals surface area contributed by atoms with Gasteiger partial charge in [0.05, 0.1) is 0 Å². The molecule has 0 aromatic heterocycles. The van der Waals surface area contributed by atoms with Crippen LogP contribution in [0, 0.1) is 5.92 Å². The van der Waals surface area contributed by atoms with Gasteiger partial charge >= 0.3 is 12.0 Å². The molecule has 2 heterocycles. The normalized spacial score (nSPS) is 25.1. The van der Waals surface area contributed by atoms with Crippen LogP contribution < -0.4 is 0 Å².